The molecule has 11 heteroatoms. The summed E-state index contributed by atoms with van der Waals surface area (Å²) < 4.78 is 43.2. The maximum atomic E-state index is 12.6. The Kier molecular flexibility index (Phi) is 9.77. The number of guanidine groups is 1. The molecule has 0 aliphatic carbocycles. The molecule has 0 amide bonds. The summed E-state index contributed by atoms with van der Waals surface area (Å²) in [5.74, 6) is 0.429. The van der Waals surface area contributed by atoms with E-state index in [1.54, 1.807) is 20.2 Å². The van der Waals surface area contributed by atoms with Gasteiger partial charge in [-0.25, -0.2) is 4.98 Å². The van der Waals surface area contributed by atoms with Crippen LogP contribution in [0.15, 0.2) is 34.6 Å². The molecule has 1 unspecified atom stereocenters. The Morgan fingerprint density at radius 3 is 2.67 bits per heavy atom. The Labute approximate surface area is 181 Å². The Bertz CT molecular complexity index is 757. The molecule has 2 N–H and O–H groups in total. The van der Waals surface area contributed by atoms with Crippen molar-refractivity contribution in [2.45, 2.75) is 18.8 Å². The second-order valence-electron chi connectivity index (χ2n) is 5.21. The van der Waals surface area contributed by atoms with Crippen LogP contribution in [0.25, 0.3) is 0 Å². The average molecular weight is 535 g/mol. The van der Waals surface area contributed by atoms with Crippen molar-refractivity contribution in [2.24, 2.45) is 4.99 Å². The molecule has 0 radical (unpaired) electrons. The molecule has 2 aromatic rings. The molecule has 0 saturated heterocycles. The number of benzene rings is 1. The second-order valence-corrected chi connectivity index (χ2v) is 6.59. The number of hydrogen-bond acceptors (Lipinski definition) is 4. The molecule has 1 atom stereocenters. The normalized spacial score (nSPS) is 13.0. The monoisotopic (exact) mass is 534 g/mol. The fraction of sp³-hybridized carbons (Fsp3) is 0.375. The lowest BCUT2D eigenvalue weighted by Crippen LogP contribution is -2.39. The van der Waals surface area contributed by atoms with Gasteiger partial charge in [-0.05, 0) is 17.7 Å². The third-order valence-corrected chi connectivity index (χ3v) is 4.52. The van der Waals surface area contributed by atoms with Gasteiger partial charge in [0.25, 0.3) is 0 Å². The standard InChI is InChI=1S/C16H18ClF3N4OS.HI/c1-21-15(23-8-14-24-13(9-26-14)16(18,19)20)22-7-12(25-2)10-4-3-5-11(17)6-10;/h3-6,9,12H,7-8H2,1-2H3,(H2,21,22,23);1H. The zero-order valence-electron chi connectivity index (χ0n) is 14.5. The SMILES string of the molecule is CN=C(NCc1nc(C(F)(F)F)cs1)NCC(OC)c1cccc(Cl)c1.I. The first kappa shape index (κ1) is 23.9. The van der Waals surface area contributed by atoms with Gasteiger partial charge in [0.05, 0.1) is 12.6 Å². The first-order valence-corrected chi connectivity index (χ1v) is 8.83. The number of halogens is 5. The highest BCUT2D eigenvalue weighted by Gasteiger charge is 2.33. The van der Waals surface area contributed by atoms with Crippen molar-refractivity contribution >= 4 is 52.9 Å². The average Bonchev–Trinajstić information content (AvgIpc) is 3.07. The molecule has 2 rings (SSSR count). The smallest absolute Gasteiger partial charge is 0.375 e. The predicted octanol–water partition coefficient (Wildman–Crippen LogP) is 4.49. The van der Waals surface area contributed by atoms with E-state index in [-0.39, 0.29) is 36.6 Å². The third kappa shape index (κ3) is 7.43. The second kappa shape index (κ2) is 11.0. The largest absolute Gasteiger partial charge is 0.434 e. The molecule has 1 aromatic carbocycles. The van der Waals surface area contributed by atoms with E-state index in [9.17, 15) is 13.2 Å². The molecular weight excluding hydrogens is 516 g/mol. The summed E-state index contributed by atoms with van der Waals surface area (Å²) in [6.07, 6.45) is -4.69. The summed E-state index contributed by atoms with van der Waals surface area (Å²) in [5, 5.41) is 7.92. The first-order valence-electron chi connectivity index (χ1n) is 7.58. The van der Waals surface area contributed by atoms with Crippen LogP contribution in [0.3, 0.4) is 0 Å². The highest BCUT2D eigenvalue weighted by atomic mass is 127. The number of aliphatic imine (C=N–C) groups is 1. The van der Waals surface area contributed by atoms with Gasteiger partial charge in [0, 0.05) is 31.1 Å². The van der Waals surface area contributed by atoms with E-state index in [2.05, 4.69) is 20.6 Å². The van der Waals surface area contributed by atoms with Crippen LogP contribution in [0.2, 0.25) is 5.02 Å². The molecule has 0 aliphatic rings. The minimum Gasteiger partial charge on any atom is -0.375 e. The highest BCUT2D eigenvalue weighted by Crippen LogP contribution is 2.29. The van der Waals surface area contributed by atoms with E-state index in [0.29, 0.717) is 22.5 Å². The fourth-order valence-electron chi connectivity index (χ4n) is 2.14. The first-order chi connectivity index (χ1) is 12.3. The maximum Gasteiger partial charge on any atom is 0.434 e. The van der Waals surface area contributed by atoms with Crippen molar-refractivity contribution < 1.29 is 17.9 Å². The molecule has 0 bridgehead atoms. The van der Waals surface area contributed by atoms with Crippen LogP contribution in [0.4, 0.5) is 13.2 Å². The van der Waals surface area contributed by atoms with Gasteiger partial charge in [0.2, 0.25) is 0 Å². The summed E-state index contributed by atoms with van der Waals surface area (Å²) in [7, 11) is 3.15. The predicted molar refractivity (Wildman–Crippen MR) is 112 cm³/mol. The molecule has 1 aromatic heterocycles. The lowest BCUT2D eigenvalue weighted by Gasteiger charge is -2.18. The van der Waals surface area contributed by atoms with Gasteiger partial charge in [0.1, 0.15) is 5.01 Å². The number of ether oxygens (including phenoxy) is 1. The molecule has 5 nitrogen and oxygen atoms in total. The summed E-state index contributed by atoms with van der Waals surface area (Å²) in [6, 6.07) is 7.31. The number of thiazole rings is 1. The minimum absolute atomic E-state index is 0. The summed E-state index contributed by atoms with van der Waals surface area (Å²) in [5.41, 5.74) is 0.0142. The van der Waals surface area contributed by atoms with Crippen LogP contribution in [-0.2, 0) is 17.5 Å². The molecule has 0 saturated carbocycles. The number of aromatic nitrogens is 1. The van der Waals surface area contributed by atoms with Crippen molar-refractivity contribution in [2.75, 3.05) is 20.7 Å². The summed E-state index contributed by atoms with van der Waals surface area (Å²) in [4.78, 5) is 7.61. The number of hydrogen-bond donors (Lipinski definition) is 2. The third-order valence-electron chi connectivity index (χ3n) is 3.43. The quantitative estimate of drug-likeness (QED) is 0.326. The van der Waals surface area contributed by atoms with Crippen LogP contribution in [0.5, 0.6) is 0 Å². The van der Waals surface area contributed by atoms with Crippen LogP contribution in [-0.4, -0.2) is 31.6 Å². The van der Waals surface area contributed by atoms with Gasteiger partial charge in [-0.1, -0.05) is 23.7 Å². The van der Waals surface area contributed by atoms with E-state index in [1.807, 2.05) is 18.2 Å². The molecule has 0 aliphatic heterocycles. The fourth-order valence-corrected chi connectivity index (χ4v) is 3.08. The Hall–Kier alpha value is -1.11. The van der Waals surface area contributed by atoms with E-state index < -0.39 is 11.9 Å². The van der Waals surface area contributed by atoms with Crippen LogP contribution in [0.1, 0.15) is 22.4 Å². The zero-order valence-corrected chi connectivity index (χ0v) is 18.4. The highest BCUT2D eigenvalue weighted by molar-refractivity contribution is 14.0. The minimum atomic E-state index is -4.43. The molecule has 0 spiro atoms. The lowest BCUT2D eigenvalue weighted by molar-refractivity contribution is -0.140. The molecule has 150 valence electrons. The molecular formula is C16H19ClF3IN4OS. The van der Waals surface area contributed by atoms with Gasteiger partial charge < -0.3 is 15.4 Å². The number of alkyl halides is 3. The van der Waals surface area contributed by atoms with E-state index >= 15 is 0 Å². The number of rotatable bonds is 6. The van der Waals surface area contributed by atoms with Gasteiger partial charge in [-0.3, -0.25) is 4.99 Å². The molecule has 27 heavy (non-hydrogen) atoms. The van der Waals surface area contributed by atoms with Gasteiger partial charge in [-0.15, -0.1) is 35.3 Å². The van der Waals surface area contributed by atoms with Crippen molar-refractivity contribution in [3.63, 3.8) is 0 Å². The van der Waals surface area contributed by atoms with Crippen molar-refractivity contribution in [1.82, 2.24) is 15.6 Å². The summed E-state index contributed by atoms with van der Waals surface area (Å²) in [6.45, 7) is 0.539. The van der Waals surface area contributed by atoms with Crippen molar-refractivity contribution in [3.05, 3.63) is 50.9 Å². The number of methoxy groups -OCH3 is 1. The topological polar surface area (TPSA) is 58.5 Å². The van der Waals surface area contributed by atoms with Crippen LogP contribution < -0.4 is 10.6 Å². The van der Waals surface area contributed by atoms with Gasteiger partial charge >= 0.3 is 6.18 Å². The molecule has 1 heterocycles. The van der Waals surface area contributed by atoms with Crippen molar-refractivity contribution in [1.29, 1.82) is 0 Å². The summed E-state index contributed by atoms with van der Waals surface area (Å²) >= 11 is 6.93. The zero-order chi connectivity index (χ0) is 19.2. The Morgan fingerprint density at radius 1 is 1.37 bits per heavy atom. The Morgan fingerprint density at radius 2 is 2.11 bits per heavy atom. The number of nitrogens with zero attached hydrogens (tertiary/aromatic N) is 2. The van der Waals surface area contributed by atoms with E-state index in [0.717, 1.165) is 22.3 Å². The van der Waals surface area contributed by atoms with Crippen molar-refractivity contribution in [3.8, 4) is 0 Å². The van der Waals surface area contributed by atoms with Gasteiger partial charge in [-0.2, -0.15) is 13.2 Å². The molecule has 0 fully saturated rings. The van der Waals surface area contributed by atoms with E-state index in [1.165, 1.54) is 0 Å². The van der Waals surface area contributed by atoms with Crippen LogP contribution >= 0.6 is 46.9 Å². The van der Waals surface area contributed by atoms with E-state index in [4.69, 9.17) is 16.3 Å². The van der Waals surface area contributed by atoms with Crippen LogP contribution in [0, 0.1) is 0 Å². The lowest BCUT2D eigenvalue weighted by atomic mass is 10.1. The maximum absolute atomic E-state index is 12.6. The Balaban J connectivity index is 0.00000364. The number of nitrogens with one attached hydrogen (secondary N) is 2. The van der Waals surface area contributed by atoms with Gasteiger partial charge in [0.15, 0.2) is 11.7 Å².